The third kappa shape index (κ3) is 11.7. The summed E-state index contributed by atoms with van der Waals surface area (Å²) in [6, 6.07) is 37.0. The predicted octanol–water partition coefficient (Wildman–Crippen LogP) is 12.9. The number of hydrogen-bond donors (Lipinski definition) is 5. The molecule has 354 valence electrons. The van der Waals surface area contributed by atoms with Crippen molar-refractivity contribution in [2.75, 3.05) is 10.8 Å². The van der Waals surface area contributed by atoms with Crippen LogP contribution in [0.3, 0.4) is 0 Å². The number of nitrogens with one attached hydrogen (secondary N) is 3. The number of hydrogen-bond acceptors (Lipinski definition) is 15. The van der Waals surface area contributed by atoms with Crippen molar-refractivity contribution in [2.45, 2.75) is 12.8 Å². The van der Waals surface area contributed by atoms with Gasteiger partial charge in [-0.3, -0.25) is 25.0 Å². The molecule has 21 heteroatoms. The first kappa shape index (κ1) is 47.4. The number of nitro benzene ring substituents is 1. The number of fused-ring (bicyclic) bond motifs is 2. The van der Waals surface area contributed by atoms with E-state index in [0.29, 0.717) is 44.3 Å². The number of nitro groups is 1. The molecule has 0 fully saturated rings. The highest BCUT2D eigenvalue weighted by molar-refractivity contribution is 6.10. The minimum atomic E-state index is -4.62. The number of benzene rings is 8. The molecule has 0 aliphatic carbocycles. The summed E-state index contributed by atoms with van der Waals surface area (Å²) in [6.45, 7) is 0.0751. The van der Waals surface area contributed by atoms with Crippen molar-refractivity contribution < 1.29 is 52.4 Å². The molecule has 5 N–H and O–H groups in total. The van der Waals surface area contributed by atoms with Gasteiger partial charge in [-0.1, -0.05) is 47.6 Å². The van der Waals surface area contributed by atoms with Gasteiger partial charge in [-0.05, 0) is 119 Å². The smallest absolute Gasteiger partial charge is 0.416 e. The molecular weight excluding hydrogens is 928 g/mol. The van der Waals surface area contributed by atoms with Crippen molar-refractivity contribution >= 4 is 85.5 Å². The fraction of sp³-hybridized carbons (Fsp3) is 0.0400. The number of rotatable bonds is 15. The number of non-ortho nitro benzene ring substituents is 1. The Hall–Kier alpha value is -10.1. The lowest BCUT2D eigenvalue weighted by Crippen LogP contribution is -2.34. The molecule has 0 saturated heterocycles. The van der Waals surface area contributed by atoms with E-state index in [9.17, 15) is 47.9 Å². The number of azo groups is 2. The van der Waals surface area contributed by atoms with Gasteiger partial charge in [0.05, 0.1) is 27.5 Å². The number of ketones is 1. The van der Waals surface area contributed by atoms with Crippen molar-refractivity contribution in [1.29, 1.82) is 0 Å². The van der Waals surface area contributed by atoms with Crippen molar-refractivity contribution in [3.05, 3.63) is 196 Å². The van der Waals surface area contributed by atoms with E-state index in [4.69, 9.17) is 9.68 Å². The molecule has 8 aromatic carbocycles. The number of nitrogens with zero attached hydrogens (tertiary/aromatic N) is 6. The average molecular weight is 962 g/mol. The maximum absolute atomic E-state index is 13.4. The molecule has 0 heterocycles. The van der Waals surface area contributed by atoms with Crippen LogP contribution < -0.4 is 16.1 Å². The Morgan fingerprint density at radius 2 is 1.23 bits per heavy atom. The zero-order valence-electron chi connectivity index (χ0n) is 36.4. The minimum Gasteiger partial charge on any atom is -0.506 e. The molecule has 8 rings (SSSR count). The molecule has 0 bridgehead atoms. The van der Waals surface area contributed by atoms with Gasteiger partial charge in [-0.15, -0.1) is 10.2 Å². The van der Waals surface area contributed by atoms with Gasteiger partial charge >= 0.3 is 12.2 Å². The van der Waals surface area contributed by atoms with Gasteiger partial charge in [-0.25, -0.2) is 10.3 Å². The number of amides is 3. The zero-order chi connectivity index (χ0) is 50.1. The second-order valence-electron chi connectivity index (χ2n) is 15.2. The number of urea groups is 1. The predicted molar refractivity (Wildman–Crippen MR) is 255 cm³/mol. The number of anilines is 2. The van der Waals surface area contributed by atoms with E-state index in [1.807, 2.05) is 6.07 Å². The number of aromatic hydroxyl groups is 2. The molecule has 18 nitrogen and oxygen atoms in total. The van der Waals surface area contributed by atoms with Gasteiger partial charge in [0.25, 0.3) is 11.6 Å². The van der Waals surface area contributed by atoms with Crippen LogP contribution in [0.5, 0.6) is 11.5 Å². The molecule has 0 atom stereocenters. The number of phenols is 2. The van der Waals surface area contributed by atoms with E-state index in [2.05, 4.69) is 41.7 Å². The Morgan fingerprint density at radius 1 is 0.648 bits per heavy atom. The average Bonchev–Trinajstić information content (AvgIpc) is 3.36. The van der Waals surface area contributed by atoms with E-state index >= 15 is 0 Å². The fourth-order valence-corrected chi connectivity index (χ4v) is 6.89. The lowest BCUT2D eigenvalue weighted by atomic mass is 10.0. The number of halogens is 3. The lowest BCUT2D eigenvalue weighted by molar-refractivity contribution is -0.384. The van der Waals surface area contributed by atoms with Crippen LogP contribution in [0, 0.1) is 10.1 Å². The van der Waals surface area contributed by atoms with Crippen LogP contribution in [0.25, 0.3) is 21.5 Å². The van der Waals surface area contributed by atoms with Crippen LogP contribution in [0.4, 0.5) is 57.8 Å². The summed E-state index contributed by atoms with van der Waals surface area (Å²) >= 11 is 0. The first-order valence-electron chi connectivity index (χ1n) is 20.9. The highest BCUT2D eigenvalue weighted by atomic mass is 19.4. The summed E-state index contributed by atoms with van der Waals surface area (Å²) in [7, 11) is 0. The van der Waals surface area contributed by atoms with E-state index < -0.39 is 28.6 Å². The lowest BCUT2D eigenvalue weighted by Gasteiger charge is -2.11. The molecule has 0 radical (unpaired) electrons. The SMILES string of the molecule is O=C(NC(=O)c1ccc2c(N=Nc3ccc(C(=O)c4ccc(N=Nc5c(O)ccc6cc(CO/N=C/ONc7cccc([N+](=O)[O-])c7)ccc56)cc4)cc3)c(O)ccc2c1)Nc1cccc(C(F)(F)F)c1. The normalized spacial score (nSPS) is 11.6. The van der Waals surface area contributed by atoms with Crippen LogP contribution in [0.1, 0.15) is 37.4 Å². The molecule has 8 aromatic rings. The highest BCUT2D eigenvalue weighted by Gasteiger charge is 2.30. The number of carbonyl (C=O) groups is 3. The fourth-order valence-electron chi connectivity index (χ4n) is 6.89. The van der Waals surface area contributed by atoms with Crippen molar-refractivity contribution in [3.63, 3.8) is 0 Å². The van der Waals surface area contributed by atoms with E-state index in [0.717, 1.165) is 35.5 Å². The van der Waals surface area contributed by atoms with E-state index in [1.165, 1.54) is 60.7 Å². The minimum absolute atomic E-state index is 0.0423. The largest absolute Gasteiger partial charge is 0.506 e. The van der Waals surface area contributed by atoms with Gasteiger partial charge in [0, 0.05) is 45.3 Å². The summed E-state index contributed by atoms with van der Waals surface area (Å²) in [5, 5.41) is 59.5. The Labute approximate surface area is 398 Å². The Bertz CT molecular complexity index is 3440. The van der Waals surface area contributed by atoms with E-state index in [-0.39, 0.29) is 52.2 Å². The summed E-state index contributed by atoms with van der Waals surface area (Å²) in [6.07, 6.45) is -3.62. The highest BCUT2D eigenvalue weighted by Crippen LogP contribution is 2.38. The standard InChI is InChI=1S/C50H34F3N9O9/c51-50(52,53)35-3-1-4-38(25-35)55-49(67)56-48(66)34-12-20-42-33(24-34)14-22-44(64)46(42)60-58-37-17-10-31(11-18-37)47(65)30-8-15-36(16-9-30)57-59-45-41-19-7-29(23-32(41)13-21-43(45)63)27-70-54-28-71-61-39-5-2-6-40(26-39)62(68)69/h1-26,28,61,63-64H,27H2,(H2,55,56,66,67)/b54-28+,59-57?,60-58?. The summed E-state index contributed by atoms with van der Waals surface area (Å²) in [4.78, 5) is 59.4. The third-order valence-corrected chi connectivity index (χ3v) is 10.4. The van der Waals surface area contributed by atoms with Crippen LogP contribution >= 0.6 is 0 Å². The number of phenolic OH excluding ortho intramolecular Hbond substituents is 2. The van der Waals surface area contributed by atoms with Crippen molar-refractivity contribution in [3.8, 4) is 11.5 Å². The first-order valence-corrected chi connectivity index (χ1v) is 20.9. The number of carbonyl (C=O) groups excluding carboxylic acids is 3. The molecular formula is C50H34F3N9O9. The molecule has 0 aromatic heterocycles. The summed E-state index contributed by atoms with van der Waals surface area (Å²) < 4.78 is 39.2. The first-order chi connectivity index (χ1) is 34.2. The van der Waals surface area contributed by atoms with Crippen LogP contribution in [0.2, 0.25) is 0 Å². The summed E-state index contributed by atoms with van der Waals surface area (Å²) in [5.74, 6) is -1.44. The van der Waals surface area contributed by atoms with Crippen LogP contribution in [-0.4, -0.2) is 39.3 Å². The Balaban J connectivity index is 0.855. The monoisotopic (exact) mass is 961 g/mol. The molecule has 0 unspecified atom stereocenters. The maximum atomic E-state index is 13.4. The zero-order valence-corrected chi connectivity index (χ0v) is 36.4. The molecule has 0 spiro atoms. The van der Waals surface area contributed by atoms with Gasteiger partial charge < -0.3 is 25.2 Å². The second-order valence-corrected chi connectivity index (χ2v) is 15.2. The summed E-state index contributed by atoms with van der Waals surface area (Å²) in [5.41, 5.74) is 4.18. The van der Waals surface area contributed by atoms with Crippen LogP contribution in [-0.2, 0) is 22.5 Å². The number of imide groups is 1. The third-order valence-electron chi connectivity index (χ3n) is 10.4. The molecule has 71 heavy (non-hydrogen) atoms. The number of oxime groups is 1. The van der Waals surface area contributed by atoms with Gasteiger partial charge in [-0.2, -0.15) is 23.4 Å². The van der Waals surface area contributed by atoms with E-state index in [1.54, 1.807) is 72.8 Å². The quantitative estimate of drug-likeness (QED) is 0.0162. The van der Waals surface area contributed by atoms with Crippen LogP contribution in [0.15, 0.2) is 183 Å². The Morgan fingerprint density at radius 3 is 1.85 bits per heavy atom. The number of alkyl halides is 3. The van der Waals surface area contributed by atoms with Gasteiger partial charge in [0.1, 0.15) is 29.5 Å². The van der Waals surface area contributed by atoms with Gasteiger partial charge in [0.15, 0.2) is 5.78 Å². The molecule has 0 saturated carbocycles. The second kappa shape index (κ2) is 20.9. The molecule has 0 aliphatic rings. The maximum Gasteiger partial charge on any atom is 0.416 e. The molecule has 3 amide bonds. The molecule has 0 aliphatic heterocycles. The Kier molecular flexibility index (Phi) is 13.9. The van der Waals surface area contributed by atoms with Crippen molar-refractivity contribution in [2.24, 2.45) is 25.6 Å². The topological polar surface area (TPSA) is 251 Å². The van der Waals surface area contributed by atoms with Crippen molar-refractivity contribution in [1.82, 2.24) is 5.32 Å². The van der Waals surface area contributed by atoms with Gasteiger partial charge in [0.2, 0.25) is 6.40 Å².